The second kappa shape index (κ2) is 4.81. The molecule has 21 heavy (non-hydrogen) atoms. The first kappa shape index (κ1) is 14.0. The Kier molecular flexibility index (Phi) is 3.22. The molecule has 2 aromatic heterocycles. The normalized spacial score (nSPS) is 12.1. The van der Waals surface area contributed by atoms with Crippen molar-refractivity contribution in [3.63, 3.8) is 0 Å². The summed E-state index contributed by atoms with van der Waals surface area (Å²) in [6.45, 7) is 2.03. The molecule has 0 amide bonds. The number of thiazole rings is 1. The standard InChI is InChI=1S/C13H12N2O4S2/c1-3-19-12(16)9-7-15-10-5-4-8(21(2,17)18)6-11(10)20-13(15)14-9/h4-7H,3H2,1-2H3. The smallest absolute Gasteiger partial charge is 0.358 e. The maximum atomic E-state index is 11.7. The zero-order valence-electron chi connectivity index (χ0n) is 11.4. The van der Waals surface area contributed by atoms with E-state index in [4.69, 9.17) is 4.74 Å². The van der Waals surface area contributed by atoms with Crippen LogP contribution in [0.15, 0.2) is 29.3 Å². The maximum absolute atomic E-state index is 11.7. The molecule has 8 heteroatoms. The van der Waals surface area contributed by atoms with Gasteiger partial charge >= 0.3 is 5.97 Å². The molecule has 0 saturated carbocycles. The predicted molar refractivity (Wildman–Crippen MR) is 79.6 cm³/mol. The quantitative estimate of drug-likeness (QED) is 0.690. The van der Waals surface area contributed by atoms with Crippen LogP contribution in [0, 0.1) is 0 Å². The molecule has 110 valence electrons. The molecule has 0 aliphatic rings. The molecule has 0 bridgehead atoms. The summed E-state index contributed by atoms with van der Waals surface area (Å²) in [5.41, 5.74) is 1.06. The average molecular weight is 324 g/mol. The summed E-state index contributed by atoms with van der Waals surface area (Å²) in [7, 11) is -3.24. The number of hydrogen-bond donors (Lipinski definition) is 0. The third kappa shape index (κ3) is 2.40. The highest BCUT2D eigenvalue weighted by Gasteiger charge is 2.16. The van der Waals surface area contributed by atoms with Crippen LogP contribution in [-0.2, 0) is 14.6 Å². The molecular formula is C13H12N2O4S2. The van der Waals surface area contributed by atoms with Crippen molar-refractivity contribution in [1.82, 2.24) is 9.38 Å². The molecule has 0 spiro atoms. The maximum Gasteiger partial charge on any atom is 0.358 e. The van der Waals surface area contributed by atoms with Crippen molar-refractivity contribution in [2.24, 2.45) is 0 Å². The Bertz CT molecular complexity index is 953. The lowest BCUT2D eigenvalue weighted by Crippen LogP contribution is -2.04. The zero-order chi connectivity index (χ0) is 15.2. The number of rotatable bonds is 3. The summed E-state index contributed by atoms with van der Waals surface area (Å²) in [6, 6.07) is 4.88. The van der Waals surface area contributed by atoms with Crippen LogP contribution in [0.1, 0.15) is 17.4 Å². The Morgan fingerprint density at radius 3 is 2.86 bits per heavy atom. The number of hydrogen-bond acceptors (Lipinski definition) is 6. The van der Waals surface area contributed by atoms with Crippen LogP contribution in [0.25, 0.3) is 15.2 Å². The van der Waals surface area contributed by atoms with E-state index in [9.17, 15) is 13.2 Å². The Morgan fingerprint density at radius 2 is 2.19 bits per heavy atom. The molecule has 3 aromatic rings. The molecule has 6 nitrogen and oxygen atoms in total. The highest BCUT2D eigenvalue weighted by Crippen LogP contribution is 2.28. The van der Waals surface area contributed by atoms with Gasteiger partial charge in [-0.05, 0) is 25.1 Å². The van der Waals surface area contributed by atoms with Gasteiger partial charge in [0.1, 0.15) is 0 Å². The van der Waals surface area contributed by atoms with Crippen molar-refractivity contribution in [2.45, 2.75) is 11.8 Å². The van der Waals surface area contributed by atoms with Gasteiger partial charge in [0.05, 0.1) is 21.7 Å². The molecule has 0 aliphatic carbocycles. The first-order valence-corrected chi connectivity index (χ1v) is 8.90. The van der Waals surface area contributed by atoms with Crippen LogP contribution >= 0.6 is 11.3 Å². The lowest BCUT2D eigenvalue weighted by molar-refractivity contribution is 0.0520. The van der Waals surface area contributed by atoms with Crippen molar-refractivity contribution in [3.8, 4) is 0 Å². The van der Waals surface area contributed by atoms with Gasteiger partial charge in [0, 0.05) is 12.5 Å². The fraction of sp³-hybridized carbons (Fsp3) is 0.231. The van der Waals surface area contributed by atoms with Gasteiger partial charge in [-0.25, -0.2) is 18.2 Å². The van der Waals surface area contributed by atoms with Crippen molar-refractivity contribution < 1.29 is 17.9 Å². The number of ether oxygens (including phenoxy) is 1. The minimum Gasteiger partial charge on any atom is -0.461 e. The summed E-state index contributed by atoms with van der Waals surface area (Å²) in [5.74, 6) is -0.464. The van der Waals surface area contributed by atoms with E-state index in [1.807, 2.05) is 0 Å². The predicted octanol–water partition coefficient (Wildman–Crippen LogP) is 2.13. The fourth-order valence-electron chi connectivity index (χ4n) is 2.02. The second-order valence-electron chi connectivity index (χ2n) is 4.50. The molecule has 0 aliphatic heterocycles. The van der Waals surface area contributed by atoms with Crippen LogP contribution in [0.5, 0.6) is 0 Å². The Morgan fingerprint density at radius 1 is 1.43 bits per heavy atom. The monoisotopic (exact) mass is 324 g/mol. The van der Waals surface area contributed by atoms with Crippen molar-refractivity contribution >= 4 is 42.3 Å². The van der Waals surface area contributed by atoms with E-state index in [-0.39, 0.29) is 10.6 Å². The zero-order valence-corrected chi connectivity index (χ0v) is 13.0. The van der Waals surface area contributed by atoms with Crippen molar-refractivity contribution in [1.29, 1.82) is 0 Å². The van der Waals surface area contributed by atoms with Gasteiger partial charge < -0.3 is 4.74 Å². The summed E-state index contributed by atoms with van der Waals surface area (Å²) < 4.78 is 30.6. The van der Waals surface area contributed by atoms with Gasteiger partial charge in [-0.15, -0.1) is 0 Å². The third-order valence-electron chi connectivity index (χ3n) is 2.98. The largest absolute Gasteiger partial charge is 0.461 e. The Balaban J connectivity index is 2.15. The third-order valence-corrected chi connectivity index (χ3v) is 5.11. The highest BCUT2D eigenvalue weighted by atomic mass is 32.2. The first-order chi connectivity index (χ1) is 9.90. The topological polar surface area (TPSA) is 77.7 Å². The molecule has 0 N–H and O–H groups in total. The number of esters is 1. The van der Waals surface area contributed by atoms with Gasteiger partial charge in [0.15, 0.2) is 20.5 Å². The van der Waals surface area contributed by atoms with Gasteiger partial charge in [-0.1, -0.05) is 11.3 Å². The van der Waals surface area contributed by atoms with E-state index in [0.29, 0.717) is 11.6 Å². The average Bonchev–Trinajstić information content (AvgIpc) is 2.94. The number of aromatic nitrogens is 2. The van der Waals surface area contributed by atoms with Crippen molar-refractivity contribution in [2.75, 3.05) is 12.9 Å². The highest BCUT2D eigenvalue weighted by molar-refractivity contribution is 7.90. The van der Waals surface area contributed by atoms with Crippen LogP contribution in [0.2, 0.25) is 0 Å². The summed E-state index contributed by atoms with van der Waals surface area (Å²) in [4.78, 5) is 16.8. The number of fused-ring (bicyclic) bond motifs is 3. The van der Waals surface area contributed by atoms with E-state index < -0.39 is 15.8 Å². The molecule has 0 fully saturated rings. The van der Waals surface area contributed by atoms with Crippen molar-refractivity contribution in [3.05, 3.63) is 30.1 Å². The molecule has 0 radical (unpaired) electrons. The summed E-state index contributed by atoms with van der Waals surface area (Å²) >= 11 is 1.33. The van der Waals surface area contributed by atoms with E-state index in [1.54, 1.807) is 35.7 Å². The molecule has 0 saturated heterocycles. The van der Waals surface area contributed by atoms with E-state index in [2.05, 4.69) is 4.98 Å². The molecule has 0 atom stereocenters. The molecule has 3 rings (SSSR count). The van der Waals surface area contributed by atoms with E-state index >= 15 is 0 Å². The van der Waals surface area contributed by atoms with Gasteiger partial charge in [0.2, 0.25) is 0 Å². The summed E-state index contributed by atoms with van der Waals surface area (Å²) in [6.07, 6.45) is 2.78. The number of sulfone groups is 1. The van der Waals surface area contributed by atoms with Crippen LogP contribution in [0.4, 0.5) is 0 Å². The number of nitrogens with zero attached hydrogens (tertiary/aromatic N) is 2. The first-order valence-electron chi connectivity index (χ1n) is 6.19. The van der Waals surface area contributed by atoms with Crippen LogP contribution < -0.4 is 0 Å². The minimum atomic E-state index is -3.24. The van der Waals surface area contributed by atoms with Gasteiger partial charge in [-0.3, -0.25) is 4.40 Å². The number of carbonyl (C=O) groups is 1. The fourth-order valence-corrected chi connectivity index (χ4v) is 3.78. The van der Waals surface area contributed by atoms with E-state index in [1.165, 1.54) is 17.6 Å². The number of benzene rings is 1. The lowest BCUT2D eigenvalue weighted by atomic mass is 10.3. The molecule has 1 aromatic carbocycles. The van der Waals surface area contributed by atoms with Gasteiger partial charge in [0.25, 0.3) is 0 Å². The molecular weight excluding hydrogens is 312 g/mol. The van der Waals surface area contributed by atoms with Crippen LogP contribution in [-0.4, -0.2) is 36.6 Å². The minimum absolute atomic E-state index is 0.247. The number of carbonyl (C=O) groups excluding carboxylic acids is 1. The van der Waals surface area contributed by atoms with Crippen LogP contribution in [0.3, 0.4) is 0 Å². The lowest BCUT2D eigenvalue weighted by Gasteiger charge is -1.98. The molecule has 2 heterocycles. The summed E-state index contributed by atoms with van der Waals surface area (Å²) in [5, 5.41) is 0. The Labute approximate surface area is 124 Å². The van der Waals surface area contributed by atoms with Gasteiger partial charge in [-0.2, -0.15) is 0 Å². The second-order valence-corrected chi connectivity index (χ2v) is 7.53. The SMILES string of the molecule is CCOC(=O)c1cn2c(n1)sc1cc(S(C)(=O)=O)ccc12. The number of imidazole rings is 1. The molecule has 0 unspecified atom stereocenters. The van der Waals surface area contributed by atoms with E-state index in [0.717, 1.165) is 10.2 Å². The Hall–Kier alpha value is -1.93.